The van der Waals surface area contributed by atoms with Gasteiger partial charge >= 0.3 is 6.09 Å². The summed E-state index contributed by atoms with van der Waals surface area (Å²) in [7, 11) is 0. The van der Waals surface area contributed by atoms with E-state index in [4.69, 9.17) is 5.11 Å². The summed E-state index contributed by atoms with van der Waals surface area (Å²) in [5.74, 6) is 0.770. The van der Waals surface area contributed by atoms with E-state index in [1.54, 1.807) is 18.2 Å². The summed E-state index contributed by atoms with van der Waals surface area (Å²) in [4.78, 5) is 18.1. The van der Waals surface area contributed by atoms with Crippen molar-refractivity contribution in [3.8, 4) is 0 Å². The fourth-order valence-electron chi connectivity index (χ4n) is 1.59. The second-order valence-electron chi connectivity index (χ2n) is 3.74. The molecule has 1 amide bonds. The highest BCUT2D eigenvalue weighted by atomic mass is 32.2. The third-order valence-corrected chi connectivity index (χ3v) is 3.89. The van der Waals surface area contributed by atoms with Gasteiger partial charge in [-0.1, -0.05) is 6.92 Å². The van der Waals surface area contributed by atoms with Crippen LogP contribution in [-0.4, -0.2) is 31.5 Å². The van der Waals surface area contributed by atoms with Crippen LogP contribution < -0.4 is 5.32 Å². The second kappa shape index (κ2) is 5.28. The second-order valence-corrected chi connectivity index (χ2v) is 5.31. The summed E-state index contributed by atoms with van der Waals surface area (Å²) in [5, 5.41) is 10.7. The summed E-state index contributed by atoms with van der Waals surface area (Å²) >= 11 is -1.03. The Kier molecular flexibility index (Phi) is 3.73. The van der Waals surface area contributed by atoms with Gasteiger partial charge in [-0.25, -0.2) is 9.78 Å². The Balaban J connectivity index is 2.30. The van der Waals surface area contributed by atoms with Gasteiger partial charge in [-0.05, 0) is 29.7 Å². The van der Waals surface area contributed by atoms with Crippen molar-refractivity contribution in [2.75, 3.05) is 11.1 Å². The van der Waals surface area contributed by atoms with Crippen molar-refractivity contribution in [1.82, 2.24) is 9.97 Å². The number of imidazole rings is 1. The number of hydrogen-bond donors (Lipinski definition) is 3. The molecule has 0 bridgehead atoms. The number of fused-ring (bicyclic) bond motifs is 1. The van der Waals surface area contributed by atoms with E-state index < -0.39 is 17.3 Å². The first-order chi connectivity index (χ1) is 8.60. The molecule has 7 heteroatoms. The molecule has 0 saturated carbocycles. The zero-order valence-corrected chi connectivity index (χ0v) is 10.6. The van der Waals surface area contributed by atoms with Crippen molar-refractivity contribution >= 4 is 34.3 Å². The molecule has 1 aromatic carbocycles. The molecule has 1 heterocycles. The summed E-state index contributed by atoms with van der Waals surface area (Å²) in [6.07, 6.45) is -0.333. The molecule has 2 rings (SSSR count). The number of hydrogen-bond acceptors (Lipinski definition) is 3. The highest BCUT2D eigenvalue weighted by Gasteiger charge is 2.12. The molecule has 0 fully saturated rings. The van der Waals surface area contributed by atoms with Gasteiger partial charge in [-0.3, -0.25) is 5.32 Å². The number of anilines is 1. The lowest BCUT2D eigenvalue weighted by Crippen LogP contribution is -2.08. The SMILES string of the molecule is CCC[S+]([O-])c1ccc2[nH]c(NC(=O)O)nc2c1. The van der Waals surface area contributed by atoms with E-state index in [2.05, 4.69) is 15.3 Å². The normalized spacial score (nSPS) is 12.6. The maximum atomic E-state index is 11.8. The maximum Gasteiger partial charge on any atom is 0.411 e. The molecular weight excluding hydrogens is 254 g/mol. The molecule has 0 saturated heterocycles. The number of amides is 1. The predicted molar refractivity (Wildman–Crippen MR) is 69.3 cm³/mol. The minimum absolute atomic E-state index is 0.163. The minimum atomic E-state index is -1.18. The van der Waals surface area contributed by atoms with E-state index in [0.717, 1.165) is 6.42 Å². The van der Waals surface area contributed by atoms with Crippen LogP contribution >= 0.6 is 0 Å². The molecule has 1 atom stereocenters. The zero-order chi connectivity index (χ0) is 13.1. The van der Waals surface area contributed by atoms with Crippen LogP contribution in [0.3, 0.4) is 0 Å². The molecule has 3 N–H and O–H groups in total. The quantitative estimate of drug-likeness (QED) is 0.739. The van der Waals surface area contributed by atoms with Crippen LogP contribution in [0.25, 0.3) is 11.0 Å². The van der Waals surface area contributed by atoms with Crippen LogP contribution in [0.2, 0.25) is 0 Å². The van der Waals surface area contributed by atoms with Crippen LogP contribution in [0.4, 0.5) is 10.7 Å². The number of H-pyrrole nitrogens is 1. The lowest BCUT2D eigenvalue weighted by molar-refractivity contribution is 0.209. The van der Waals surface area contributed by atoms with E-state index in [9.17, 15) is 9.35 Å². The lowest BCUT2D eigenvalue weighted by Gasteiger charge is -2.08. The van der Waals surface area contributed by atoms with Crippen LogP contribution in [0.1, 0.15) is 13.3 Å². The van der Waals surface area contributed by atoms with E-state index >= 15 is 0 Å². The summed E-state index contributed by atoms with van der Waals surface area (Å²) in [6.45, 7) is 1.97. The van der Waals surface area contributed by atoms with Gasteiger partial charge in [-0.2, -0.15) is 0 Å². The van der Waals surface area contributed by atoms with Crippen LogP contribution in [0, 0.1) is 0 Å². The Hall–Kier alpha value is -1.73. The smallest absolute Gasteiger partial charge is 0.411 e. The summed E-state index contributed by atoms with van der Waals surface area (Å²) in [6, 6.07) is 5.22. The Morgan fingerprint density at radius 1 is 1.61 bits per heavy atom. The fourth-order valence-corrected chi connectivity index (χ4v) is 2.66. The molecule has 1 unspecified atom stereocenters. The Morgan fingerprint density at radius 3 is 3.06 bits per heavy atom. The fraction of sp³-hybridized carbons (Fsp3) is 0.273. The number of rotatable bonds is 4. The number of carboxylic acid groups (broad SMARTS) is 1. The van der Waals surface area contributed by atoms with E-state index in [0.29, 0.717) is 21.7 Å². The number of aromatic amines is 1. The maximum absolute atomic E-state index is 11.8. The lowest BCUT2D eigenvalue weighted by atomic mass is 10.3. The minimum Gasteiger partial charge on any atom is -0.611 e. The van der Waals surface area contributed by atoms with Crippen LogP contribution in [0.15, 0.2) is 23.1 Å². The molecule has 2 aromatic rings. The highest BCUT2D eigenvalue weighted by Crippen LogP contribution is 2.20. The predicted octanol–water partition coefficient (Wildman–Crippen LogP) is 2.17. The number of nitrogens with zero attached hydrogens (tertiary/aromatic N) is 1. The molecular formula is C11H13N3O3S. The zero-order valence-electron chi connectivity index (χ0n) is 9.77. The van der Waals surface area contributed by atoms with Gasteiger partial charge in [-0.15, -0.1) is 0 Å². The monoisotopic (exact) mass is 267 g/mol. The third-order valence-electron chi connectivity index (χ3n) is 2.33. The molecule has 18 heavy (non-hydrogen) atoms. The van der Waals surface area contributed by atoms with Crippen LogP contribution in [-0.2, 0) is 11.2 Å². The third kappa shape index (κ3) is 2.74. The molecule has 96 valence electrons. The van der Waals surface area contributed by atoms with Crippen molar-refractivity contribution < 1.29 is 14.5 Å². The number of benzene rings is 1. The molecule has 0 aliphatic carbocycles. The van der Waals surface area contributed by atoms with E-state index in [-0.39, 0.29) is 5.95 Å². The topological polar surface area (TPSA) is 101 Å². The van der Waals surface area contributed by atoms with Crippen molar-refractivity contribution in [3.63, 3.8) is 0 Å². The average molecular weight is 267 g/mol. The molecule has 6 nitrogen and oxygen atoms in total. The largest absolute Gasteiger partial charge is 0.611 e. The van der Waals surface area contributed by atoms with E-state index in [1.165, 1.54) is 0 Å². The number of carbonyl (C=O) groups is 1. The summed E-state index contributed by atoms with van der Waals surface area (Å²) in [5.41, 5.74) is 1.30. The highest BCUT2D eigenvalue weighted by molar-refractivity contribution is 7.91. The van der Waals surface area contributed by atoms with Crippen molar-refractivity contribution in [2.24, 2.45) is 0 Å². The van der Waals surface area contributed by atoms with Crippen molar-refractivity contribution in [3.05, 3.63) is 18.2 Å². The molecule has 0 aliphatic rings. The van der Waals surface area contributed by atoms with Crippen LogP contribution in [0.5, 0.6) is 0 Å². The number of aromatic nitrogens is 2. The van der Waals surface area contributed by atoms with Crippen molar-refractivity contribution in [1.29, 1.82) is 0 Å². The van der Waals surface area contributed by atoms with Crippen molar-refractivity contribution in [2.45, 2.75) is 18.2 Å². The van der Waals surface area contributed by atoms with Gasteiger partial charge in [0.1, 0.15) is 5.75 Å². The first-order valence-corrected chi connectivity index (χ1v) is 6.80. The number of nitrogens with one attached hydrogen (secondary N) is 2. The van der Waals surface area contributed by atoms with E-state index in [1.807, 2.05) is 6.92 Å². The van der Waals surface area contributed by atoms with Gasteiger partial charge in [0.05, 0.1) is 11.0 Å². The molecule has 0 aliphatic heterocycles. The van der Waals surface area contributed by atoms with Gasteiger partial charge in [0, 0.05) is 6.07 Å². The standard InChI is InChI=1S/C11H13N3O3S/c1-2-5-18(17)7-3-4-8-9(6-7)13-10(12-8)14-11(15)16/h3-4,6H,2,5H2,1H3,(H,15,16)(H2,12,13,14). The van der Waals surface area contributed by atoms with Gasteiger partial charge < -0.3 is 14.6 Å². The average Bonchev–Trinajstić information content (AvgIpc) is 2.69. The van der Waals surface area contributed by atoms with Gasteiger partial charge in [0.25, 0.3) is 0 Å². The Bertz CT molecular complexity index is 570. The van der Waals surface area contributed by atoms with Gasteiger partial charge in [0.15, 0.2) is 4.90 Å². The first-order valence-electron chi connectivity index (χ1n) is 5.48. The molecule has 0 radical (unpaired) electrons. The Morgan fingerprint density at radius 2 is 2.39 bits per heavy atom. The summed E-state index contributed by atoms with van der Waals surface area (Å²) < 4.78 is 11.8. The molecule has 0 spiro atoms. The molecule has 1 aromatic heterocycles. The first kappa shape index (κ1) is 12.7. The Labute approximate surface area is 107 Å². The van der Waals surface area contributed by atoms with Gasteiger partial charge in [0.2, 0.25) is 5.95 Å².